The van der Waals surface area contributed by atoms with Crippen molar-refractivity contribution in [2.45, 2.75) is 138 Å². The summed E-state index contributed by atoms with van der Waals surface area (Å²) in [6.07, 6.45) is 22.0. The molecule has 0 N–H and O–H groups in total. The highest BCUT2D eigenvalue weighted by atomic mass is 15.0. The van der Waals surface area contributed by atoms with Crippen LogP contribution in [0.4, 0.5) is 0 Å². The van der Waals surface area contributed by atoms with Gasteiger partial charge in [-0.15, -0.1) is 0 Å². The van der Waals surface area contributed by atoms with E-state index in [1.165, 1.54) is 88.6 Å². The van der Waals surface area contributed by atoms with Gasteiger partial charge in [0.2, 0.25) is 0 Å². The fourth-order valence-corrected chi connectivity index (χ4v) is 13.8. The van der Waals surface area contributed by atoms with Crippen LogP contribution in [0.1, 0.15) is 163 Å². The van der Waals surface area contributed by atoms with Gasteiger partial charge in [0.1, 0.15) is 0 Å². The number of para-hydroxylation sites is 2. The van der Waals surface area contributed by atoms with Gasteiger partial charge in [0.15, 0.2) is 0 Å². The molecule has 0 bridgehead atoms. The zero-order chi connectivity index (χ0) is 63.4. The van der Waals surface area contributed by atoms with Crippen molar-refractivity contribution in [3.8, 4) is 24.3 Å². The summed E-state index contributed by atoms with van der Waals surface area (Å²) in [6.45, 7) is 16.5. The Morgan fingerprint density at radius 1 is 0.319 bits per heavy atom. The van der Waals surface area contributed by atoms with Crippen molar-refractivity contribution in [3.05, 3.63) is 214 Å². The Morgan fingerprint density at radius 2 is 0.593 bits per heavy atom. The summed E-state index contributed by atoms with van der Waals surface area (Å²) in [7, 11) is 0. The van der Waals surface area contributed by atoms with Gasteiger partial charge in [-0.05, 0) is 154 Å². The van der Waals surface area contributed by atoms with Gasteiger partial charge in [0.05, 0.1) is 46.6 Å². The Labute approximate surface area is 538 Å². The number of nitriles is 4. The molecule has 3 heterocycles. The van der Waals surface area contributed by atoms with Crippen LogP contribution >= 0.6 is 0 Å². The topological polar surface area (TPSA) is 110 Å². The second kappa shape index (κ2) is 29.1. The molecule has 3 atom stereocenters. The van der Waals surface area contributed by atoms with Gasteiger partial charge in [0.25, 0.3) is 0 Å². The first-order chi connectivity index (χ1) is 44.6. The smallest absolute Gasteiger partial charge is 0.0998 e. The number of unbranched alkanes of at least 4 members (excludes halogenated alkanes) is 3. The molecule has 0 spiro atoms. The van der Waals surface area contributed by atoms with Crippen molar-refractivity contribution < 1.29 is 0 Å². The predicted octanol–water partition coefficient (Wildman–Crippen LogP) is 22.9. The molecular formula is C84H83N7. The zero-order valence-electron chi connectivity index (χ0n) is 53.9. The van der Waals surface area contributed by atoms with Crippen LogP contribution in [0, 0.1) is 63.1 Å². The Balaban J connectivity index is 0.879. The quantitative estimate of drug-likeness (QED) is 0.0397. The van der Waals surface area contributed by atoms with Crippen molar-refractivity contribution in [1.29, 1.82) is 21.0 Å². The molecule has 0 aliphatic carbocycles. The van der Waals surface area contributed by atoms with E-state index < -0.39 is 0 Å². The van der Waals surface area contributed by atoms with E-state index in [1.54, 1.807) is 0 Å². The van der Waals surface area contributed by atoms with E-state index in [9.17, 15) is 21.0 Å². The number of hydrogen-bond donors (Lipinski definition) is 0. The SMILES string of the molecule is CCCCC(CC)Cn1c2ccc(/C=C(\C#N)c3ccc(/C(C#N)=C\c4ccc5c6ccccc6n(CC(CC)CCCC)c5c4)cc3)cc2c2cc(/C=C(\C#N)c3ccc(/C(C#N)=C\c4ccc5c6ccccc6n(CC(CC)CCCC)c5c4)cc3)ccc21. The number of aromatic nitrogens is 3. The van der Waals surface area contributed by atoms with Crippen LogP contribution in [-0.2, 0) is 19.6 Å². The third kappa shape index (κ3) is 13.5. The maximum absolute atomic E-state index is 10.7. The van der Waals surface area contributed by atoms with Gasteiger partial charge in [-0.25, -0.2) is 0 Å². The number of hydrogen-bond acceptors (Lipinski definition) is 4. The fourth-order valence-electron chi connectivity index (χ4n) is 13.8. The summed E-state index contributed by atoms with van der Waals surface area (Å²) in [6, 6.07) is 69.0. The highest BCUT2D eigenvalue weighted by Crippen LogP contribution is 2.38. The van der Waals surface area contributed by atoms with E-state index in [0.29, 0.717) is 40.0 Å². The van der Waals surface area contributed by atoms with Crippen molar-refractivity contribution in [2.75, 3.05) is 0 Å². The van der Waals surface area contributed by atoms with Gasteiger partial charge < -0.3 is 13.7 Å². The molecule has 0 radical (unpaired) electrons. The van der Waals surface area contributed by atoms with Crippen molar-refractivity contribution >= 4 is 112 Å². The number of fused-ring (bicyclic) bond motifs is 9. The van der Waals surface area contributed by atoms with E-state index in [1.807, 2.05) is 72.8 Å². The average Bonchev–Trinajstić information content (AvgIpc) is 1.64. The molecule has 454 valence electrons. The standard InChI is InChI=1S/C84H83N7/c1-7-13-20-58(10-4)55-89-81-41-29-61(43-69(51-85)65-31-35-67(36-32-65)71(53-87)45-63-27-39-75-73-23-16-18-25-79(73)90(83(75)49-63)56-59(11-5)21-14-8-2)47-77(81)78-48-62(30-42-82(78)89)44-70(52-86)66-33-37-68(38-34-66)72(54-88)46-64-28-40-76-74-24-17-19-26-80(74)91(84(76)50-64)57-60(12-6)22-15-9-3/h16-19,23-50,58-60H,7-15,20-22,55-57H2,1-6H3/b69-43+,70-44+,71-45-,72-46-. The van der Waals surface area contributed by atoms with Crippen LogP contribution in [0.5, 0.6) is 0 Å². The highest BCUT2D eigenvalue weighted by Gasteiger charge is 2.20. The summed E-state index contributed by atoms with van der Waals surface area (Å²) < 4.78 is 7.44. The van der Waals surface area contributed by atoms with Crippen LogP contribution in [0.15, 0.2) is 170 Å². The van der Waals surface area contributed by atoms with Gasteiger partial charge in [0, 0.05) is 85.1 Å². The van der Waals surface area contributed by atoms with Crippen LogP contribution in [0.3, 0.4) is 0 Å². The molecule has 91 heavy (non-hydrogen) atoms. The zero-order valence-corrected chi connectivity index (χ0v) is 53.9. The first kappa shape index (κ1) is 62.7. The molecule has 7 nitrogen and oxygen atoms in total. The Bertz CT molecular complexity index is 4460. The molecule has 3 aromatic heterocycles. The van der Waals surface area contributed by atoms with E-state index in [0.717, 1.165) is 118 Å². The summed E-state index contributed by atoms with van der Waals surface area (Å²) in [5.74, 6) is 1.69. The molecule has 0 fully saturated rings. The third-order valence-electron chi connectivity index (χ3n) is 19.2. The lowest BCUT2D eigenvalue weighted by Gasteiger charge is -2.17. The largest absolute Gasteiger partial charge is 0.340 e. The van der Waals surface area contributed by atoms with E-state index in [2.05, 4.69) is 201 Å². The molecule has 3 unspecified atom stereocenters. The minimum atomic E-state index is 0.512. The minimum absolute atomic E-state index is 0.512. The second-order valence-electron chi connectivity index (χ2n) is 25.1. The van der Waals surface area contributed by atoms with E-state index in [-0.39, 0.29) is 0 Å². The molecule has 7 heteroatoms. The maximum Gasteiger partial charge on any atom is 0.0998 e. The van der Waals surface area contributed by atoms with Gasteiger partial charge in [-0.1, -0.05) is 221 Å². The van der Waals surface area contributed by atoms with Crippen molar-refractivity contribution in [1.82, 2.24) is 13.7 Å². The second-order valence-corrected chi connectivity index (χ2v) is 25.1. The van der Waals surface area contributed by atoms with Gasteiger partial charge in [-0.2, -0.15) is 21.0 Å². The van der Waals surface area contributed by atoms with Crippen LogP contribution < -0.4 is 0 Å². The Hall–Kier alpha value is -9.92. The summed E-state index contributed by atoms with van der Waals surface area (Å²) in [5, 5.41) is 49.8. The van der Waals surface area contributed by atoms with Gasteiger partial charge in [-0.3, -0.25) is 0 Å². The molecule has 11 rings (SSSR count). The number of nitrogens with zero attached hydrogens (tertiary/aromatic N) is 7. The molecular weight excluding hydrogens is 1110 g/mol. The first-order valence-corrected chi connectivity index (χ1v) is 33.4. The lowest BCUT2D eigenvalue weighted by molar-refractivity contribution is 0.401. The summed E-state index contributed by atoms with van der Waals surface area (Å²) in [4.78, 5) is 0. The van der Waals surface area contributed by atoms with Crippen LogP contribution in [-0.4, -0.2) is 13.7 Å². The number of benzene rings is 8. The molecule has 0 amide bonds. The summed E-state index contributed by atoms with van der Waals surface area (Å²) >= 11 is 0. The third-order valence-corrected chi connectivity index (χ3v) is 19.2. The Kier molecular flexibility index (Phi) is 20.1. The Morgan fingerprint density at radius 3 is 0.901 bits per heavy atom. The molecule has 11 aromatic rings. The molecule has 8 aromatic carbocycles. The van der Waals surface area contributed by atoms with Crippen molar-refractivity contribution in [3.63, 3.8) is 0 Å². The molecule has 0 aliphatic rings. The fraction of sp³-hybridized carbons (Fsp3) is 0.286. The normalized spacial score (nSPS) is 13.5. The monoisotopic (exact) mass is 1190 g/mol. The molecule has 0 saturated heterocycles. The van der Waals surface area contributed by atoms with Gasteiger partial charge >= 0.3 is 0 Å². The van der Waals surface area contributed by atoms with Crippen LogP contribution in [0.25, 0.3) is 112 Å². The molecule has 0 aliphatic heterocycles. The molecule has 0 saturated carbocycles. The van der Waals surface area contributed by atoms with Crippen molar-refractivity contribution in [2.24, 2.45) is 17.8 Å². The van der Waals surface area contributed by atoms with E-state index in [4.69, 9.17) is 0 Å². The lowest BCUT2D eigenvalue weighted by Crippen LogP contribution is -2.10. The first-order valence-electron chi connectivity index (χ1n) is 33.4. The lowest BCUT2D eigenvalue weighted by atomic mass is 9.97. The maximum atomic E-state index is 10.7. The predicted molar refractivity (Wildman–Crippen MR) is 385 cm³/mol. The minimum Gasteiger partial charge on any atom is -0.340 e. The highest BCUT2D eigenvalue weighted by molar-refractivity contribution is 6.12. The number of rotatable bonds is 26. The van der Waals surface area contributed by atoms with E-state index >= 15 is 0 Å². The summed E-state index contributed by atoms with van der Waals surface area (Å²) in [5.41, 5.74) is 16.2. The van der Waals surface area contributed by atoms with Crippen LogP contribution in [0.2, 0.25) is 0 Å². The average molecular weight is 1190 g/mol. The number of allylic oxidation sites excluding steroid dienone is 4.